The lowest BCUT2D eigenvalue weighted by molar-refractivity contribution is 0.393. The van der Waals surface area contributed by atoms with Crippen molar-refractivity contribution in [2.24, 2.45) is 0 Å². The third kappa shape index (κ3) is 3.65. The van der Waals surface area contributed by atoms with Gasteiger partial charge in [-0.2, -0.15) is 4.31 Å². The number of hydrogen-bond acceptors (Lipinski definition) is 6. The number of hydrogen-bond donors (Lipinski definition) is 1. The molecule has 0 saturated carbocycles. The van der Waals surface area contributed by atoms with Gasteiger partial charge in [-0.25, -0.2) is 23.4 Å². The number of aryl methyl sites for hydroxylation is 1. The fourth-order valence-corrected chi connectivity index (χ4v) is 3.96. The zero-order chi connectivity index (χ0) is 16.4. The monoisotopic (exact) mass is 333 g/mol. The Balaban J connectivity index is 1.91. The highest BCUT2D eigenvalue weighted by Crippen LogP contribution is 2.33. The van der Waals surface area contributed by atoms with Crippen molar-refractivity contribution in [2.45, 2.75) is 25.8 Å². The first kappa shape index (κ1) is 15.8. The van der Waals surface area contributed by atoms with E-state index in [9.17, 15) is 8.42 Å². The lowest BCUT2D eigenvalue weighted by Crippen LogP contribution is -2.30. The fourth-order valence-electron chi connectivity index (χ4n) is 2.83. The largest absolute Gasteiger partial charge is 0.325 e. The van der Waals surface area contributed by atoms with Gasteiger partial charge in [0.1, 0.15) is 17.5 Å². The summed E-state index contributed by atoms with van der Waals surface area (Å²) in [6, 6.07) is 7.14. The lowest BCUT2D eigenvalue weighted by Gasteiger charge is -2.22. The maximum absolute atomic E-state index is 11.9. The number of sulfonamides is 1. The highest BCUT2D eigenvalue weighted by atomic mass is 32.2. The molecule has 23 heavy (non-hydrogen) atoms. The van der Waals surface area contributed by atoms with Gasteiger partial charge < -0.3 is 5.32 Å². The van der Waals surface area contributed by atoms with Crippen LogP contribution in [0.25, 0.3) is 0 Å². The van der Waals surface area contributed by atoms with Gasteiger partial charge in [-0.15, -0.1) is 0 Å². The first-order chi connectivity index (χ1) is 10.9. The van der Waals surface area contributed by atoms with Crippen LogP contribution in [0.15, 0.2) is 30.5 Å². The van der Waals surface area contributed by atoms with Gasteiger partial charge in [-0.3, -0.25) is 0 Å². The highest BCUT2D eigenvalue weighted by Gasteiger charge is 2.33. The minimum absolute atomic E-state index is 0.226. The number of nitrogens with one attached hydrogen (secondary N) is 1. The Bertz CT molecular complexity index is 795. The summed E-state index contributed by atoms with van der Waals surface area (Å²) < 4.78 is 25.4. The Kier molecular flexibility index (Phi) is 4.27. The van der Waals surface area contributed by atoms with Crippen molar-refractivity contribution in [2.75, 3.05) is 18.1 Å². The summed E-state index contributed by atoms with van der Waals surface area (Å²) in [5.74, 6) is 1.90. The van der Waals surface area contributed by atoms with Crippen molar-refractivity contribution in [1.82, 2.24) is 19.3 Å². The van der Waals surface area contributed by atoms with E-state index < -0.39 is 10.0 Å². The maximum atomic E-state index is 11.9. The van der Waals surface area contributed by atoms with Crippen LogP contribution in [0.2, 0.25) is 0 Å². The average molecular weight is 333 g/mol. The summed E-state index contributed by atoms with van der Waals surface area (Å²) >= 11 is 0. The smallest absolute Gasteiger partial charge is 0.211 e. The van der Waals surface area contributed by atoms with Crippen molar-refractivity contribution in [1.29, 1.82) is 0 Å². The molecule has 8 heteroatoms. The van der Waals surface area contributed by atoms with Gasteiger partial charge in [0.25, 0.3) is 0 Å². The molecule has 0 radical (unpaired) electrons. The lowest BCUT2D eigenvalue weighted by atomic mass is 10.1. The molecule has 122 valence electrons. The summed E-state index contributed by atoms with van der Waals surface area (Å²) in [5, 5.41) is 3.13. The number of anilines is 2. The van der Waals surface area contributed by atoms with Gasteiger partial charge in [0.2, 0.25) is 10.0 Å². The number of aromatic nitrogens is 3. The van der Waals surface area contributed by atoms with E-state index in [0.717, 1.165) is 18.5 Å². The van der Waals surface area contributed by atoms with Crippen LogP contribution >= 0.6 is 0 Å². The zero-order valence-electron chi connectivity index (χ0n) is 13.1. The van der Waals surface area contributed by atoms with E-state index in [2.05, 4.69) is 20.3 Å². The summed E-state index contributed by atoms with van der Waals surface area (Å²) in [7, 11) is -3.24. The van der Waals surface area contributed by atoms with Gasteiger partial charge in [-0.1, -0.05) is 6.07 Å². The molecule has 0 aliphatic carbocycles. The van der Waals surface area contributed by atoms with E-state index in [1.54, 1.807) is 19.2 Å². The van der Waals surface area contributed by atoms with Crippen molar-refractivity contribution < 1.29 is 8.42 Å². The first-order valence-electron chi connectivity index (χ1n) is 7.44. The molecule has 2 aromatic rings. The second-order valence-corrected chi connectivity index (χ2v) is 7.53. The van der Waals surface area contributed by atoms with Crippen LogP contribution in [-0.2, 0) is 10.0 Å². The van der Waals surface area contributed by atoms with E-state index in [-0.39, 0.29) is 6.04 Å². The van der Waals surface area contributed by atoms with E-state index >= 15 is 0 Å². The fraction of sp³-hybridized carbons (Fsp3) is 0.400. The second-order valence-electron chi connectivity index (χ2n) is 5.60. The normalized spacial score (nSPS) is 19.0. The predicted molar refractivity (Wildman–Crippen MR) is 87.8 cm³/mol. The summed E-state index contributed by atoms with van der Waals surface area (Å²) in [4.78, 5) is 13.0. The van der Waals surface area contributed by atoms with Crippen LogP contribution in [0, 0.1) is 6.92 Å². The molecule has 1 atom stereocenters. The predicted octanol–water partition coefficient (Wildman–Crippen LogP) is 2.02. The molecule has 7 nitrogen and oxygen atoms in total. The zero-order valence-corrected chi connectivity index (χ0v) is 13.9. The molecule has 1 saturated heterocycles. The summed E-state index contributed by atoms with van der Waals surface area (Å²) in [5.41, 5.74) is 0.721. The first-order valence-corrected chi connectivity index (χ1v) is 9.29. The Morgan fingerprint density at radius 1 is 1.26 bits per heavy atom. The average Bonchev–Trinajstić information content (AvgIpc) is 2.97. The third-order valence-electron chi connectivity index (χ3n) is 3.75. The maximum Gasteiger partial charge on any atom is 0.211 e. The number of pyridine rings is 1. The van der Waals surface area contributed by atoms with Crippen molar-refractivity contribution in [3.8, 4) is 0 Å². The van der Waals surface area contributed by atoms with Crippen LogP contribution in [0.5, 0.6) is 0 Å². The van der Waals surface area contributed by atoms with Gasteiger partial charge in [-0.05, 0) is 31.9 Å². The van der Waals surface area contributed by atoms with Crippen molar-refractivity contribution in [3.63, 3.8) is 0 Å². The minimum Gasteiger partial charge on any atom is -0.325 e. The Hall–Kier alpha value is -2.06. The minimum atomic E-state index is -3.24. The number of rotatable bonds is 4. The van der Waals surface area contributed by atoms with Gasteiger partial charge >= 0.3 is 0 Å². The molecule has 0 bridgehead atoms. The van der Waals surface area contributed by atoms with Gasteiger partial charge in [0.15, 0.2) is 0 Å². The van der Waals surface area contributed by atoms with Crippen LogP contribution in [0.1, 0.15) is 30.4 Å². The molecular weight excluding hydrogens is 314 g/mol. The Morgan fingerprint density at radius 2 is 2.09 bits per heavy atom. The van der Waals surface area contributed by atoms with Gasteiger partial charge in [0.05, 0.1) is 18.0 Å². The molecule has 0 aromatic carbocycles. The third-order valence-corrected chi connectivity index (χ3v) is 5.04. The number of nitrogens with zero attached hydrogens (tertiary/aromatic N) is 4. The highest BCUT2D eigenvalue weighted by molar-refractivity contribution is 7.88. The topological polar surface area (TPSA) is 88.1 Å². The quantitative estimate of drug-likeness (QED) is 0.921. The second kappa shape index (κ2) is 6.21. The van der Waals surface area contributed by atoms with Crippen LogP contribution in [0.3, 0.4) is 0 Å². The van der Waals surface area contributed by atoms with Crippen LogP contribution < -0.4 is 5.32 Å². The molecule has 2 aromatic heterocycles. The molecule has 0 spiro atoms. The molecule has 1 aliphatic rings. The standard InChI is InChI=1S/C15H19N5O2S/c1-11-17-12(13-6-5-9-20(13)23(2,21)22)10-15(18-11)19-14-7-3-4-8-16-14/h3-4,7-8,10,13H,5-6,9H2,1-2H3,(H,16,17,18,19). The Labute approximate surface area is 135 Å². The molecule has 1 unspecified atom stereocenters. The van der Waals surface area contributed by atoms with Crippen LogP contribution in [-0.4, -0.2) is 40.5 Å². The Morgan fingerprint density at radius 3 is 2.78 bits per heavy atom. The van der Waals surface area contributed by atoms with E-state index in [0.29, 0.717) is 24.0 Å². The molecular formula is C15H19N5O2S. The molecule has 3 heterocycles. The SMILES string of the molecule is Cc1nc(Nc2ccccn2)cc(C2CCCN2S(C)(=O)=O)n1. The van der Waals surface area contributed by atoms with Crippen LogP contribution in [0.4, 0.5) is 11.6 Å². The van der Waals surface area contributed by atoms with Crippen molar-refractivity contribution >= 4 is 21.7 Å². The van der Waals surface area contributed by atoms with E-state index in [4.69, 9.17) is 0 Å². The summed E-state index contributed by atoms with van der Waals surface area (Å²) in [6.07, 6.45) is 4.54. The van der Waals surface area contributed by atoms with Gasteiger partial charge in [0, 0.05) is 18.8 Å². The van der Waals surface area contributed by atoms with Crippen molar-refractivity contribution in [3.05, 3.63) is 42.0 Å². The van der Waals surface area contributed by atoms with E-state index in [1.807, 2.05) is 18.2 Å². The molecule has 3 rings (SSSR count). The molecule has 0 amide bonds. The molecule has 1 aliphatic heterocycles. The van der Waals surface area contributed by atoms with E-state index in [1.165, 1.54) is 10.6 Å². The molecule has 1 fully saturated rings. The molecule has 1 N–H and O–H groups in total. The summed E-state index contributed by atoms with van der Waals surface area (Å²) in [6.45, 7) is 2.34.